The summed E-state index contributed by atoms with van der Waals surface area (Å²) in [5.74, 6) is 2.56. The highest BCUT2D eigenvalue weighted by Crippen LogP contribution is 2.58. The molecule has 326 valence electrons. The molecule has 2 bridgehead atoms. The third-order valence-electron chi connectivity index (χ3n) is 16.0. The standard InChI is InChI=1S/C67H53N/c1-45-14-13-23-63-65(45)61-41-39-58(44-64(61)67(63,54-18-7-3-8-19-54)55-20-9-4-10-21-55)68(56-35-30-48(31-36-56)47-26-28-51(29-27-47)62-43-46-24-25-53(62)42-46)57-37-32-50(33-38-57)60-40-34-49-15-11-12-22-59(49)66(60)52-16-5-2-6-17-52/h2-23,26-41,44,46,53,62H,24-25,42-43H2,1H3. The molecule has 0 amide bonds. The molecule has 0 aromatic heterocycles. The summed E-state index contributed by atoms with van der Waals surface area (Å²) in [6, 6.07) is 88.6. The van der Waals surface area contributed by atoms with E-state index in [-0.39, 0.29) is 0 Å². The largest absolute Gasteiger partial charge is 0.310 e. The van der Waals surface area contributed by atoms with Crippen LogP contribution >= 0.6 is 0 Å². The van der Waals surface area contributed by atoms with Crippen LogP contribution < -0.4 is 4.90 Å². The molecule has 0 N–H and O–H groups in total. The Bertz CT molecular complexity index is 3400. The zero-order chi connectivity index (χ0) is 45.2. The van der Waals surface area contributed by atoms with E-state index in [2.05, 4.69) is 248 Å². The minimum Gasteiger partial charge on any atom is -0.310 e. The molecule has 3 aliphatic rings. The second-order valence-electron chi connectivity index (χ2n) is 19.6. The van der Waals surface area contributed by atoms with Gasteiger partial charge in [-0.15, -0.1) is 0 Å². The Kier molecular flexibility index (Phi) is 9.86. The number of anilines is 3. The molecule has 2 fully saturated rings. The Hall–Kier alpha value is -7.74. The summed E-state index contributed by atoms with van der Waals surface area (Å²) in [7, 11) is 0. The Labute approximate surface area is 401 Å². The lowest BCUT2D eigenvalue weighted by molar-refractivity contribution is 0.420. The number of hydrogen-bond donors (Lipinski definition) is 0. The van der Waals surface area contributed by atoms with E-state index in [1.165, 1.54) is 114 Å². The van der Waals surface area contributed by atoms with E-state index in [9.17, 15) is 0 Å². The molecule has 10 aromatic rings. The minimum absolute atomic E-state index is 0.511. The van der Waals surface area contributed by atoms with Crippen molar-refractivity contribution in [2.75, 3.05) is 4.90 Å². The summed E-state index contributed by atoms with van der Waals surface area (Å²) in [4.78, 5) is 2.46. The number of fused-ring (bicyclic) bond motifs is 6. The minimum atomic E-state index is -0.511. The number of rotatable bonds is 9. The fourth-order valence-electron chi connectivity index (χ4n) is 12.9. The van der Waals surface area contributed by atoms with Crippen molar-refractivity contribution >= 4 is 27.8 Å². The zero-order valence-corrected chi connectivity index (χ0v) is 38.5. The molecule has 0 heterocycles. The fourth-order valence-corrected chi connectivity index (χ4v) is 12.9. The average molecular weight is 872 g/mol. The smallest absolute Gasteiger partial charge is 0.0714 e. The highest BCUT2D eigenvalue weighted by Gasteiger charge is 2.47. The van der Waals surface area contributed by atoms with Gasteiger partial charge in [-0.25, -0.2) is 0 Å². The lowest BCUT2D eigenvalue weighted by atomic mass is 9.67. The van der Waals surface area contributed by atoms with Crippen molar-refractivity contribution in [1.29, 1.82) is 0 Å². The lowest BCUT2D eigenvalue weighted by Gasteiger charge is -2.35. The first-order chi connectivity index (χ1) is 33.6. The van der Waals surface area contributed by atoms with Crippen molar-refractivity contribution in [3.8, 4) is 44.5 Å². The molecule has 3 aliphatic carbocycles. The molecule has 0 saturated heterocycles. The van der Waals surface area contributed by atoms with E-state index in [1.807, 2.05) is 0 Å². The quantitative estimate of drug-likeness (QED) is 0.140. The van der Waals surface area contributed by atoms with Gasteiger partial charge in [0.1, 0.15) is 0 Å². The first-order valence-electron chi connectivity index (χ1n) is 24.7. The Morgan fingerprint density at radius 3 is 1.65 bits per heavy atom. The van der Waals surface area contributed by atoms with Crippen LogP contribution in [0.1, 0.15) is 65.0 Å². The summed E-state index contributed by atoms with van der Waals surface area (Å²) in [6.45, 7) is 2.27. The predicted octanol–water partition coefficient (Wildman–Crippen LogP) is 17.9. The van der Waals surface area contributed by atoms with Gasteiger partial charge in [0.25, 0.3) is 0 Å². The molecule has 3 unspecified atom stereocenters. The summed E-state index contributed by atoms with van der Waals surface area (Å²) in [6.07, 6.45) is 5.65. The predicted molar refractivity (Wildman–Crippen MR) is 285 cm³/mol. The number of hydrogen-bond acceptors (Lipinski definition) is 1. The third-order valence-corrected chi connectivity index (χ3v) is 16.0. The van der Waals surface area contributed by atoms with Crippen LogP contribution in [-0.2, 0) is 5.41 Å². The van der Waals surface area contributed by atoms with E-state index in [4.69, 9.17) is 0 Å². The van der Waals surface area contributed by atoms with Crippen molar-refractivity contribution in [3.63, 3.8) is 0 Å². The normalized spacial score (nSPS) is 17.5. The molecule has 0 aliphatic heterocycles. The SMILES string of the molecule is Cc1cccc2c1-c1ccc(N(c3ccc(-c4ccc(C5CC6CCC5C6)cc4)cc3)c3ccc(-c4ccc5ccccc5c4-c4ccccc4)cc3)cc1C2(c1ccccc1)c1ccccc1. The van der Waals surface area contributed by atoms with Crippen LogP contribution in [-0.4, -0.2) is 0 Å². The summed E-state index contributed by atoms with van der Waals surface area (Å²) >= 11 is 0. The van der Waals surface area contributed by atoms with Gasteiger partial charge in [0, 0.05) is 17.1 Å². The average Bonchev–Trinajstić information content (AvgIpc) is 4.13. The maximum atomic E-state index is 2.49. The maximum absolute atomic E-state index is 2.49. The van der Waals surface area contributed by atoms with Crippen LogP contribution in [0.5, 0.6) is 0 Å². The lowest BCUT2D eigenvalue weighted by Crippen LogP contribution is -2.28. The van der Waals surface area contributed by atoms with Gasteiger partial charge in [0.05, 0.1) is 5.41 Å². The molecular formula is C67H53N. The second-order valence-corrected chi connectivity index (χ2v) is 19.6. The van der Waals surface area contributed by atoms with Gasteiger partial charge >= 0.3 is 0 Å². The molecule has 3 atom stereocenters. The molecule has 2 saturated carbocycles. The molecular weight excluding hydrogens is 819 g/mol. The zero-order valence-electron chi connectivity index (χ0n) is 38.5. The van der Waals surface area contributed by atoms with E-state index in [1.54, 1.807) is 0 Å². The van der Waals surface area contributed by atoms with Gasteiger partial charge < -0.3 is 4.90 Å². The van der Waals surface area contributed by atoms with E-state index in [0.717, 1.165) is 34.8 Å². The second kappa shape index (κ2) is 16.5. The fraction of sp³-hybridized carbons (Fsp3) is 0.134. The van der Waals surface area contributed by atoms with Gasteiger partial charge in [0.15, 0.2) is 0 Å². The summed E-state index contributed by atoms with van der Waals surface area (Å²) in [5, 5.41) is 2.51. The molecule has 0 radical (unpaired) electrons. The Morgan fingerprint density at radius 2 is 1.00 bits per heavy atom. The molecule has 1 heteroatoms. The van der Waals surface area contributed by atoms with Crippen molar-refractivity contribution in [1.82, 2.24) is 0 Å². The molecule has 10 aromatic carbocycles. The monoisotopic (exact) mass is 871 g/mol. The van der Waals surface area contributed by atoms with Crippen molar-refractivity contribution < 1.29 is 0 Å². The van der Waals surface area contributed by atoms with Crippen molar-refractivity contribution in [2.45, 2.75) is 43.9 Å². The van der Waals surface area contributed by atoms with Gasteiger partial charge in [-0.2, -0.15) is 0 Å². The first kappa shape index (κ1) is 40.5. The van der Waals surface area contributed by atoms with E-state index >= 15 is 0 Å². The molecule has 1 nitrogen and oxygen atoms in total. The Balaban J connectivity index is 0.960. The molecule has 13 rings (SSSR count). The van der Waals surface area contributed by atoms with Crippen LogP contribution in [0, 0.1) is 18.8 Å². The number of benzene rings is 10. The van der Waals surface area contributed by atoms with Crippen molar-refractivity contribution in [2.24, 2.45) is 11.8 Å². The summed E-state index contributed by atoms with van der Waals surface area (Å²) < 4.78 is 0. The summed E-state index contributed by atoms with van der Waals surface area (Å²) in [5.41, 5.74) is 20.9. The van der Waals surface area contributed by atoms with Gasteiger partial charge in [0.2, 0.25) is 0 Å². The van der Waals surface area contributed by atoms with Crippen LogP contribution in [0.4, 0.5) is 17.1 Å². The molecule has 0 spiro atoms. The van der Waals surface area contributed by atoms with Crippen LogP contribution in [0.3, 0.4) is 0 Å². The number of nitrogens with zero attached hydrogens (tertiary/aromatic N) is 1. The van der Waals surface area contributed by atoms with Crippen LogP contribution in [0.15, 0.2) is 237 Å². The topological polar surface area (TPSA) is 3.24 Å². The van der Waals surface area contributed by atoms with Crippen LogP contribution in [0.25, 0.3) is 55.3 Å². The third kappa shape index (κ3) is 6.59. The van der Waals surface area contributed by atoms with Gasteiger partial charge in [-0.1, -0.05) is 207 Å². The van der Waals surface area contributed by atoms with Crippen LogP contribution in [0.2, 0.25) is 0 Å². The van der Waals surface area contributed by atoms with Gasteiger partial charge in [-0.05, 0) is 169 Å². The Morgan fingerprint density at radius 1 is 0.412 bits per heavy atom. The molecule has 68 heavy (non-hydrogen) atoms. The maximum Gasteiger partial charge on any atom is 0.0714 e. The highest BCUT2D eigenvalue weighted by molar-refractivity contribution is 6.04. The number of aryl methyl sites for hydroxylation is 1. The first-order valence-corrected chi connectivity index (χ1v) is 24.7. The van der Waals surface area contributed by atoms with E-state index < -0.39 is 5.41 Å². The van der Waals surface area contributed by atoms with E-state index in [0.29, 0.717) is 0 Å². The van der Waals surface area contributed by atoms with Gasteiger partial charge in [-0.3, -0.25) is 0 Å². The highest BCUT2D eigenvalue weighted by atomic mass is 15.1. The van der Waals surface area contributed by atoms with Crippen molar-refractivity contribution in [3.05, 3.63) is 270 Å².